The van der Waals surface area contributed by atoms with Gasteiger partial charge in [0, 0.05) is 19.1 Å². The molecule has 3 heteroatoms. The van der Waals surface area contributed by atoms with Gasteiger partial charge < -0.3 is 5.73 Å². The highest BCUT2D eigenvalue weighted by Crippen LogP contribution is 2.33. The lowest BCUT2D eigenvalue weighted by atomic mass is 9.99. The van der Waals surface area contributed by atoms with Crippen LogP contribution in [0.3, 0.4) is 0 Å². The van der Waals surface area contributed by atoms with Crippen molar-refractivity contribution >= 4 is 0 Å². The molecule has 2 nitrogen and oxygen atoms in total. The first-order chi connectivity index (χ1) is 9.15. The molecule has 0 radical (unpaired) electrons. The van der Waals surface area contributed by atoms with Gasteiger partial charge in [-0.3, -0.25) is 4.90 Å². The third kappa shape index (κ3) is 3.77. The molecule has 1 atom stereocenters. The first kappa shape index (κ1) is 14.5. The smallest absolute Gasteiger partial charge is 0.123 e. The number of hydrogen-bond acceptors (Lipinski definition) is 2. The zero-order chi connectivity index (χ0) is 13.8. The predicted octanol–water partition coefficient (Wildman–Crippen LogP) is 3.26. The second-order valence-electron chi connectivity index (χ2n) is 5.69. The molecule has 0 saturated heterocycles. The van der Waals surface area contributed by atoms with Gasteiger partial charge in [0.25, 0.3) is 0 Å². The summed E-state index contributed by atoms with van der Waals surface area (Å²) in [4.78, 5) is 2.44. The van der Waals surface area contributed by atoms with Crippen LogP contribution in [0.2, 0.25) is 0 Å². The largest absolute Gasteiger partial charge is 0.329 e. The lowest BCUT2D eigenvalue weighted by Crippen LogP contribution is -2.36. The fourth-order valence-electron chi connectivity index (χ4n) is 2.74. The van der Waals surface area contributed by atoms with Crippen molar-refractivity contribution < 1.29 is 4.39 Å². The number of hydrogen-bond donors (Lipinski definition) is 1. The monoisotopic (exact) mass is 264 g/mol. The molecule has 1 aliphatic rings. The topological polar surface area (TPSA) is 29.3 Å². The number of benzene rings is 1. The molecule has 106 valence electrons. The molecule has 1 unspecified atom stereocenters. The molecule has 2 rings (SSSR count). The SMILES string of the molecule is CCCN(CC1CC1)C(CN)c1cc(F)ccc1C. The Morgan fingerprint density at radius 3 is 2.74 bits per heavy atom. The van der Waals surface area contributed by atoms with E-state index in [-0.39, 0.29) is 11.9 Å². The van der Waals surface area contributed by atoms with Crippen molar-refractivity contribution in [2.45, 2.75) is 39.2 Å². The molecular formula is C16H25FN2. The van der Waals surface area contributed by atoms with Crippen LogP contribution in [0.1, 0.15) is 43.4 Å². The maximum absolute atomic E-state index is 13.5. The van der Waals surface area contributed by atoms with E-state index in [2.05, 4.69) is 11.8 Å². The van der Waals surface area contributed by atoms with E-state index in [1.165, 1.54) is 18.9 Å². The Hall–Kier alpha value is -0.930. The lowest BCUT2D eigenvalue weighted by molar-refractivity contribution is 0.192. The Balaban J connectivity index is 2.21. The van der Waals surface area contributed by atoms with Gasteiger partial charge in [-0.25, -0.2) is 4.39 Å². The predicted molar refractivity (Wildman–Crippen MR) is 77.5 cm³/mol. The molecule has 2 N–H and O–H groups in total. The molecule has 0 spiro atoms. The van der Waals surface area contributed by atoms with E-state index >= 15 is 0 Å². The highest BCUT2D eigenvalue weighted by molar-refractivity contribution is 5.30. The third-order valence-corrected chi connectivity index (χ3v) is 3.96. The van der Waals surface area contributed by atoms with Gasteiger partial charge >= 0.3 is 0 Å². The second-order valence-corrected chi connectivity index (χ2v) is 5.69. The van der Waals surface area contributed by atoms with E-state index in [0.717, 1.165) is 36.6 Å². The molecular weight excluding hydrogens is 239 g/mol. The van der Waals surface area contributed by atoms with Crippen LogP contribution in [0.5, 0.6) is 0 Å². The Kier molecular flexibility index (Phi) is 4.94. The van der Waals surface area contributed by atoms with Crippen molar-refractivity contribution in [1.82, 2.24) is 4.90 Å². The summed E-state index contributed by atoms with van der Waals surface area (Å²) >= 11 is 0. The molecule has 0 heterocycles. The number of rotatable bonds is 7. The van der Waals surface area contributed by atoms with Gasteiger partial charge in [0.1, 0.15) is 5.82 Å². The molecule has 1 aromatic rings. The lowest BCUT2D eigenvalue weighted by Gasteiger charge is -2.32. The molecule has 0 bridgehead atoms. The van der Waals surface area contributed by atoms with E-state index in [0.29, 0.717) is 6.54 Å². The Morgan fingerprint density at radius 1 is 1.42 bits per heavy atom. The van der Waals surface area contributed by atoms with Crippen molar-refractivity contribution in [3.05, 3.63) is 35.1 Å². The summed E-state index contributed by atoms with van der Waals surface area (Å²) in [6, 6.07) is 5.19. The van der Waals surface area contributed by atoms with E-state index in [1.807, 2.05) is 13.0 Å². The van der Waals surface area contributed by atoms with Gasteiger partial charge in [-0.15, -0.1) is 0 Å². The normalized spacial score (nSPS) is 16.9. The quantitative estimate of drug-likeness (QED) is 0.819. The Labute approximate surface area is 115 Å². The van der Waals surface area contributed by atoms with Crippen LogP contribution in [0, 0.1) is 18.7 Å². The minimum absolute atomic E-state index is 0.149. The summed E-state index contributed by atoms with van der Waals surface area (Å²) in [6.07, 6.45) is 3.77. The van der Waals surface area contributed by atoms with Gasteiger partial charge in [-0.2, -0.15) is 0 Å². The fraction of sp³-hybridized carbons (Fsp3) is 0.625. The molecule has 1 aliphatic carbocycles. The van der Waals surface area contributed by atoms with E-state index in [4.69, 9.17) is 5.73 Å². The molecule has 1 saturated carbocycles. The zero-order valence-corrected chi connectivity index (χ0v) is 12.0. The molecule has 0 aliphatic heterocycles. The summed E-state index contributed by atoms with van der Waals surface area (Å²) < 4.78 is 13.5. The Morgan fingerprint density at radius 2 is 2.16 bits per heavy atom. The third-order valence-electron chi connectivity index (χ3n) is 3.96. The average Bonchev–Trinajstić information content (AvgIpc) is 3.18. The van der Waals surface area contributed by atoms with E-state index in [9.17, 15) is 4.39 Å². The summed E-state index contributed by atoms with van der Waals surface area (Å²) in [5, 5.41) is 0. The summed E-state index contributed by atoms with van der Waals surface area (Å²) in [7, 11) is 0. The van der Waals surface area contributed by atoms with Crippen LogP contribution in [-0.4, -0.2) is 24.5 Å². The van der Waals surface area contributed by atoms with Crippen LogP contribution in [0.15, 0.2) is 18.2 Å². The van der Waals surface area contributed by atoms with Gasteiger partial charge in [0.2, 0.25) is 0 Å². The first-order valence-electron chi connectivity index (χ1n) is 7.35. The summed E-state index contributed by atoms with van der Waals surface area (Å²) in [6.45, 7) is 6.92. The van der Waals surface area contributed by atoms with Crippen LogP contribution in [0.4, 0.5) is 4.39 Å². The first-order valence-corrected chi connectivity index (χ1v) is 7.35. The number of halogens is 1. The molecule has 1 aromatic carbocycles. The van der Waals surface area contributed by atoms with Crippen molar-refractivity contribution in [1.29, 1.82) is 0 Å². The number of nitrogens with zero attached hydrogens (tertiary/aromatic N) is 1. The van der Waals surface area contributed by atoms with E-state index < -0.39 is 0 Å². The van der Waals surface area contributed by atoms with Crippen molar-refractivity contribution in [3.63, 3.8) is 0 Å². The minimum atomic E-state index is -0.165. The molecule has 0 aromatic heterocycles. The number of nitrogens with two attached hydrogens (primary N) is 1. The van der Waals surface area contributed by atoms with Crippen LogP contribution in [0.25, 0.3) is 0 Å². The minimum Gasteiger partial charge on any atom is -0.329 e. The van der Waals surface area contributed by atoms with Crippen LogP contribution < -0.4 is 5.73 Å². The standard InChI is InChI=1S/C16H25FN2/c1-3-8-19(11-13-5-6-13)16(10-18)15-9-14(17)7-4-12(15)2/h4,7,9,13,16H,3,5-6,8,10-11,18H2,1-2H3. The maximum Gasteiger partial charge on any atom is 0.123 e. The molecule has 19 heavy (non-hydrogen) atoms. The summed E-state index contributed by atoms with van der Waals surface area (Å²) in [5.41, 5.74) is 8.17. The maximum atomic E-state index is 13.5. The van der Waals surface area contributed by atoms with Gasteiger partial charge in [-0.1, -0.05) is 13.0 Å². The van der Waals surface area contributed by atoms with Gasteiger partial charge in [-0.05, 0) is 61.9 Å². The second kappa shape index (κ2) is 6.49. The highest BCUT2D eigenvalue weighted by atomic mass is 19.1. The van der Waals surface area contributed by atoms with E-state index in [1.54, 1.807) is 6.07 Å². The highest BCUT2D eigenvalue weighted by Gasteiger charge is 2.28. The number of aryl methyl sites for hydroxylation is 1. The zero-order valence-electron chi connectivity index (χ0n) is 12.0. The Bertz CT molecular complexity index is 415. The van der Waals surface area contributed by atoms with Crippen molar-refractivity contribution in [2.24, 2.45) is 11.7 Å². The molecule has 0 amide bonds. The summed E-state index contributed by atoms with van der Waals surface area (Å²) in [5.74, 6) is 0.663. The van der Waals surface area contributed by atoms with Gasteiger partial charge in [0.15, 0.2) is 0 Å². The van der Waals surface area contributed by atoms with Gasteiger partial charge in [0.05, 0.1) is 0 Å². The van der Waals surface area contributed by atoms with Crippen molar-refractivity contribution in [2.75, 3.05) is 19.6 Å². The van der Waals surface area contributed by atoms with Crippen molar-refractivity contribution in [3.8, 4) is 0 Å². The average molecular weight is 264 g/mol. The van der Waals surface area contributed by atoms with Crippen LogP contribution in [-0.2, 0) is 0 Å². The van der Waals surface area contributed by atoms with Crippen LogP contribution >= 0.6 is 0 Å². The molecule has 1 fully saturated rings. The fourth-order valence-corrected chi connectivity index (χ4v) is 2.74.